The van der Waals surface area contributed by atoms with E-state index in [4.69, 9.17) is 5.73 Å². The molecule has 0 fully saturated rings. The summed E-state index contributed by atoms with van der Waals surface area (Å²) in [5.41, 5.74) is 5.80. The van der Waals surface area contributed by atoms with Gasteiger partial charge in [0.05, 0.1) is 4.90 Å². The third-order valence-corrected chi connectivity index (χ3v) is 5.72. The highest BCUT2D eigenvalue weighted by atomic mass is 32.2. The molecular formula is C18H24N4O5S. The number of nitrogens with zero attached hydrogens (tertiary/aromatic N) is 1. The first kappa shape index (κ1) is 21.5. The molecule has 1 atom stereocenters. The number of anilines is 1. The van der Waals surface area contributed by atoms with Crippen LogP contribution >= 0.6 is 0 Å². The van der Waals surface area contributed by atoms with Crippen molar-refractivity contribution in [2.45, 2.75) is 23.8 Å². The lowest BCUT2D eigenvalue weighted by atomic mass is 10.1. The average molecular weight is 408 g/mol. The van der Waals surface area contributed by atoms with Crippen molar-refractivity contribution in [2.24, 2.45) is 5.73 Å². The van der Waals surface area contributed by atoms with Gasteiger partial charge in [-0.25, -0.2) is 13.2 Å². The van der Waals surface area contributed by atoms with E-state index in [9.17, 15) is 23.1 Å². The number of nitrogens with one attached hydrogen (secondary N) is 2. The molecule has 10 heteroatoms. The molecule has 2 rings (SSSR count). The van der Waals surface area contributed by atoms with Crippen LogP contribution in [-0.2, 0) is 14.8 Å². The molecule has 0 saturated heterocycles. The van der Waals surface area contributed by atoms with E-state index in [2.05, 4.69) is 10.0 Å². The maximum atomic E-state index is 12.9. The molecule has 2 amide bonds. The van der Waals surface area contributed by atoms with Crippen LogP contribution in [0.5, 0.6) is 0 Å². The van der Waals surface area contributed by atoms with Crippen molar-refractivity contribution in [3.63, 3.8) is 0 Å². The SMILES string of the molecule is CN(C)c1cccc2c(S(=O)(=O)NC(CCCNC(N)=O)C(=O)O)cccc12. The number of primary amides is 1. The number of fused-ring (bicyclic) bond motifs is 1. The van der Waals surface area contributed by atoms with Crippen molar-refractivity contribution in [2.75, 3.05) is 25.5 Å². The van der Waals surface area contributed by atoms with Crippen LogP contribution in [0.4, 0.5) is 10.5 Å². The lowest BCUT2D eigenvalue weighted by Gasteiger charge is -2.18. The largest absolute Gasteiger partial charge is 0.480 e. The second-order valence-corrected chi connectivity index (χ2v) is 8.15. The van der Waals surface area contributed by atoms with Gasteiger partial charge in [-0.3, -0.25) is 4.79 Å². The molecule has 0 radical (unpaired) electrons. The van der Waals surface area contributed by atoms with E-state index >= 15 is 0 Å². The molecule has 5 N–H and O–H groups in total. The van der Waals surface area contributed by atoms with Crippen molar-refractivity contribution in [3.05, 3.63) is 36.4 Å². The number of carbonyl (C=O) groups is 2. The van der Waals surface area contributed by atoms with Gasteiger partial charge < -0.3 is 21.1 Å². The molecule has 0 bridgehead atoms. The standard InChI is InChI=1S/C18H24N4O5S/c1-22(2)15-9-3-7-13-12(15)6-4-10-16(13)28(26,27)21-14(17(23)24)8-5-11-20-18(19)25/h3-4,6-7,9-10,14,21H,5,8,11H2,1-2H3,(H,23,24)(H3,19,20,25). The molecule has 0 heterocycles. The molecule has 2 aromatic carbocycles. The predicted molar refractivity (Wildman–Crippen MR) is 107 cm³/mol. The van der Waals surface area contributed by atoms with Gasteiger partial charge in [-0.05, 0) is 25.0 Å². The molecule has 152 valence electrons. The molecule has 0 saturated carbocycles. The van der Waals surface area contributed by atoms with Crippen LogP contribution in [-0.4, -0.2) is 52.2 Å². The van der Waals surface area contributed by atoms with E-state index in [1.807, 2.05) is 31.1 Å². The summed E-state index contributed by atoms with van der Waals surface area (Å²) >= 11 is 0. The van der Waals surface area contributed by atoms with Crippen LogP contribution in [0.1, 0.15) is 12.8 Å². The number of amides is 2. The molecule has 0 spiro atoms. The second kappa shape index (κ2) is 8.89. The molecular weight excluding hydrogens is 384 g/mol. The summed E-state index contributed by atoms with van der Waals surface area (Å²) in [7, 11) is -0.377. The van der Waals surface area contributed by atoms with Crippen LogP contribution in [0.25, 0.3) is 10.8 Å². The third kappa shape index (κ3) is 5.11. The number of carboxylic acid groups (broad SMARTS) is 1. The number of rotatable bonds is 9. The van der Waals surface area contributed by atoms with Gasteiger partial charge in [-0.2, -0.15) is 4.72 Å². The van der Waals surface area contributed by atoms with Crippen LogP contribution < -0.4 is 20.7 Å². The predicted octanol–water partition coefficient (Wildman–Crippen LogP) is 1.09. The lowest BCUT2D eigenvalue weighted by Crippen LogP contribution is -2.41. The minimum Gasteiger partial charge on any atom is -0.480 e. The van der Waals surface area contributed by atoms with Gasteiger partial charge in [-0.1, -0.05) is 24.3 Å². The Labute approximate surface area is 163 Å². The minimum atomic E-state index is -4.09. The van der Waals surface area contributed by atoms with E-state index < -0.39 is 28.1 Å². The second-order valence-electron chi connectivity index (χ2n) is 6.47. The minimum absolute atomic E-state index is 0.00254. The molecule has 9 nitrogen and oxygen atoms in total. The molecule has 28 heavy (non-hydrogen) atoms. The van der Waals surface area contributed by atoms with Gasteiger partial charge in [0.25, 0.3) is 0 Å². The van der Waals surface area contributed by atoms with E-state index in [1.165, 1.54) is 6.07 Å². The Hall–Kier alpha value is -2.85. The number of hydrogen-bond donors (Lipinski definition) is 4. The molecule has 0 aromatic heterocycles. The summed E-state index contributed by atoms with van der Waals surface area (Å²) in [5.74, 6) is -1.29. The Morgan fingerprint density at radius 1 is 1.14 bits per heavy atom. The van der Waals surface area contributed by atoms with Gasteiger partial charge in [-0.15, -0.1) is 0 Å². The zero-order chi connectivity index (χ0) is 20.9. The summed E-state index contributed by atoms with van der Waals surface area (Å²) in [6.07, 6.45) is 0.255. The number of nitrogens with two attached hydrogens (primary N) is 1. The highest BCUT2D eigenvalue weighted by Gasteiger charge is 2.26. The maximum Gasteiger partial charge on any atom is 0.321 e. The van der Waals surface area contributed by atoms with Crippen LogP contribution in [0.2, 0.25) is 0 Å². The summed E-state index contributed by atoms with van der Waals surface area (Å²) < 4.78 is 28.1. The monoisotopic (exact) mass is 408 g/mol. The molecule has 2 aromatic rings. The normalized spacial score (nSPS) is 12.5. The molecule has 0 aliphatic heterocycles. The van der Waals surface area contributed by atoms with E-state index in [0.29, 0.717) is 5.39 Å². The van der Waals surface area contributed by atoms with Crippen LogP contribution in [0.15, 0.2) is 41.3 Å². The van der Waals surface area contributed by atoms with Gasteiger partial charge >= 0.3 is 12.0 Å². The van der Waals surface area contributed by atoms with Gasteiger partial charge in [0, 0.05) is 37.1 Å². The lowest BCUT2D eigenvalue weighted by molar-refractivity contribution is -0.139. The quantitative estimate of drug-likeness (QED) is 0.458. The summed E-state index contributed by atoms with van der Waals surface area (Å²) in [4.78, 5) is 24.1. The first-order chi connectivity index (χ1) is 13.1. The average Bonchev–Trinajstić information content (AvgIpc) is 2.62. The van der Waals surface area contributed by atoms with Crippen LogP contribution in [0.3, 0.4) is 0 Å². The number of sulfonamides is 1. The summed E-state index contributed by atoms with van der Waals surface area (Å²) in [6.45, 7) is 0.154. The number of hydrogen-bond acceptors (Lipinski definition) is 5. The smallest absolute Gasteiger partial charge is 0.321 e. The maximum absolute atomic E-state index is 12.9. The first-order valence-corrected chi connectivity index (χ1v) is 10.1. The number of benzene rings is 2. The zero-order valence-corrected chi connectivity index (χ0v) is 16.5. The van der Waals surface area contributed by atoms with E-state index in [0.717, 1.165) is 11.1 Å². The Morgan fingerprint density at radius 3 is 2.39 bits per heavy atom. The number of carboxylic acids is 1. The van der Waals surface area contributed by atoms with Crippen LogP contribution in [0, 0.1) is 0 Å². The topological polar surface area (TPSA) is 142 Å². The fraction of sp³-hybridized carbons (Fsp3) is 0.333. The third-order valence-electron chi connectivity index (χ3n) is 4.19. The van der Waals surface area contributed by atoms with Gasteiger partial charge in [0.15, 0.2) is 0 Å². The Bertz CT molecular complexity index is 975. The number of carbonyl (C=O) groups excluding carboxylic acids is 1. The van der Waals surface area contributed by atoms with Crippen molar-refractivity contribution in [3.8, 4) is 0 Å². The zero-order valence-electron chi connectivity index (χ0n) is 15.7. The molecule has 1 unspecified atom stereocenters. The van der Waals surface area contributed by atoms with E-state index in [1.54, 1.807) is 18.2 Å². The van der Waals surface area contributed by atoms with Crippen molar-refractivity contribution >= 4 is 38.5 Å². The Balaban J connectivity index is 2.31. The summed E-state index contributed by atoms with van der Waals surface area (Å²) in [5, 5.41) is 13.0. The molecule has 0 aliphatic carbocycles. The van der Waals surface area contributed by atoms with Gasteiger partial charge in [0.1, 0.15) is 6.04 Å². The van der Waals surface area contributed by atoms with E-state index in [-0.39, 0.29) is 24.3 Å². The fourth-order valence-corrected chi connectivity index (χ4v) is 4.34. The summed E-state index contributed by atoms with van der Waals surface area (Å²) in [6, 6.07) is 8.14. The first-order valence-electron chi connectivity index (χ1n) is 8.61. The molecule has 0 aliphatic rings. The Kier molecular flexibility index (Phi) is 6.81. The van der Waals surface area contributed by atoms with Crippen molar-refractivity contribution < 1.29 is 23.1 Å². The number of urea groups is 1. The highest BCUT2D eigenvalue weighted by molar-refractivity contribution is 7.89. The van der Waals surface area contributed by atoms with Crippen molar-refractivity contribution in [1.29, 1.82) is 0 Å². The Morgan fingerprint density at radius 2 is 1.79 bits per heavy atom. The van der Waals surface area contributed by atoms with Crippen molar-refractivity contribution in [1.82, 2.24) is 10.0 Å². The fourth-order valence-electron chi connectivity index (χ4n) is 2.89. The number of aliphatic carboxylic acids is 1. The highest BCUT2D eigenvalue weighted by Crippen LogP contribution is 2.30. The van der Waals surface area contributed by atoms with Gasteiger partial charge in [0.2, 0.25) is 10.0 Å².